The highest BCUT2D eigenvalue weighted by Crippen LogP contribution is 2.19. The first-order chi connectivity index (χ1) is 13.3. The summed E-state index contributed by atoms with van der Waals surface area (Å²) < 4.78 is 36.8. The van der Waals surface area contributed by atoms with E-state index < -0.39 is 35.9 Å². The van der Waals surface area contributed by atoms with Crippen molar-refractivity contribution in [1.82, 2.24) is 5.48 Å². The summed E-state index contributed by atoms with van der Waals surface area (Å²) in [6.07, 6.45) is -0.940. The zero-order chi connectivity index (χ0) is 20.6. The lowest BCUT2D eigenvalue weighted by molar-refractivity contribution is -0.167. The minimum atomic E-state index is -0.940. The number of benzene rings is 2. The summed E-state index contributed by atoms with van der Waals surface area (Å²) in [7, 11) is 0. The fourth-order valence-corrected chi connectivity index (χ4v) is 2.04. The van der Waals surface area contributed by atoms with Crippen molar-refractivity contribution in [2.75, 3.05) is 19.8 Å². The summed E-state index contributed by atoms with van der Waals surface area (Å²) in [6, 6.07) is 11.6. The maximum absolute atomic E-state index is 13.6. The molecule has 0 heterocycles. The highest BCUT2D eigenvalue weighted by Gasteiger charge is 2.21. The number of ether oxygens (including phenoxy) is 2. The second-order valence-electron chi connectivity index (χ2n) is 6.87. The number of aliphatic hydroxyl groups is 1. The van der Waals surface area contributed by atoms with E-state index >= 15 is 0 Å². The van der Waals surface area contributed by atoms with Gasteiger partial charge in [-0.3, -0.25) is 4.84 Å². The van der Waals surface area contributed by atoms with Crippen LogP contribution in [0.2, 0.25) is 0 Å². The van der Waals surface area contributed by atoms with E-state index in [1.807, 2.05) is 13.8 Å². The molecule has 0 aliphatic rings. The number of esters is 1. The van der Waals surface area contributed by atoms with Crippen LogP contribution in [0, 0.1) is 17.0 Å². The zero-order valence-corrected chi connectivity index (χ0v) is 15.7. The van der Waals surface area contributed by atoms with E-state index in [1.54, 1.807) is 30.3 Å². The van der Waals surface area contributed by atoms with Gasteiger partial charge in [0, 0.05) is 17.0 Å². The minimum absolute atomic E-state index is 0.0818. The van der Waals surface area contributed by atoms with Crippen molar-refractivity contribution in [1.29, 1.82) is 0 Å². The standard InChI is InChI=1S/C20H23F2NO5/c1-20(2,12-24)13-27-23-19(14-6-4-3-5-7-14)28-18(25)11-26-17-9-8-15(21)10-16(17)22/h3-10,19,23-24H,11-13H2,1-2H3. The summed E-state index contributed by atoms with van der Waals surface area (Å²) in [4.78, 5) is 17.5. The Morgan fingerprint density at radius 1 is 1.18 bits per heavy atom. The number of hydrogen-bond acceptors (Lipinski definition) is 6. The van der Waals surface area contributed by atoms with Crippen LogP contribution in [0.3, 0.4) is 0 Å². The first kappa shape index (κ1) is 21.7. The molecule has 2 rings (SSSR count). The van der Waals surface area contributed by atoms with E-state index in [0.717, 1.165) is 12.1 Å². The second-order valence-corrected chi connectivity index (χ2v) is 6.87. The number of rotatable bonds is 10. The molecule has 8 heteroatoms. The molecule has 0 aromatic heterocycles. The van der Waals surface area contributed by atoms with Gasteiger partial charge in [-0.25, -0.2) is 13.6 Å². The molecule has 28 heavy (non-hydrogen) atoms. The smallest absolute Gasteiger partial charge is 0.346 e. The van der Waals surface area contributed by atoms with Crippen LogP contribution in [-0.4, -0.2) is 30.9 Å². The fourth-order valence-electron chi connectivity index (χ4n) is 2.04. The molecule has 0 aliphatic carbocycles. The largest absolute Gasteiger partial charge is 0.479 e. The van der Waals surface area contributed by atoms with Crippen LogP contribution < -0.4 is 10.2 Å². The zero-order valence-electron chi connectivity index (χ0n) is 15.7. The molecule has 0 aliphatic heterocycles. The minimum Gasteiger partial charge on any atom is -0.479 e. The Balaban J connectivity index is 1.96. The third-order valence-electron chi connectivity index (χ3n) is 3.67. The van der Waals surface area contributed by atoms with Crippen molar-refractivity contribution in [3.05, 3.63) is 65.7 Å². The van der Waals surface area contributed by atoms with Crippen molar-refractivity contribution < 1.29 is 33.0 Å². The van der Waals surface area contributed by atoms with E-state index in [-0.39, 0.29) is 19.0 Å². The van der Waals surface area contributed by atoms with E-state index in [9.17, 15) is 18.7 Å². The van der Waals surface area contributed by atoms with Crippen LogP contribution in [0.5, 0.6) is 5.75 Å². The van der Waals surface area contributed by atoms with Crippen molar-refractivity contribution in [3.8, 4) is 5.75 Å². The van der Waals surface area contributed by atoms with Crippen molar-refractivity contribution in [2.24, 2.45) is 5.41 Å². The molecule has 0 fully saturated rings. The molecule has 152 valence electrons. The SMILES string of the molecule is CC(C)(CO)CONC(OC(=O)COc1ccc(F)cc1F)c1ccccc1. The number of nitrogens with one attached hydrogen (secondary N) is 1. The molecule has 2 N–H and O–H groups in total. The van der Waals surface area contributed by atoms with Gasteiger partial charge in [-0.2, -0.15) is 5.48 Å². The van der Waals surface area contributed by atoms with Gasteiger partial charge in [-0.15, -0.1) is 0 Å². The summed E-state index contributed by atoms with van der Waals surface area (Å²) in [5.74, 6) is -2.71. The lowest BCUT2D eigenvalue weighted by atomic mass is 9.97. The molecular formula is C20H23F2NO5. The first-order valence-electron chi connectivity index (χ1n) is 8.61. The fraction of sp³-hybridized carbons (Fsp3) is 0.350. The Labute approximate surface area is 162 Å². The summed E-state index contributed by atoms with van der Waals surface area (Å²) >= 11 is 0. The van der Waals surface area contributed by atoms with Crippen molar-refractivity contribution in [2.45, 2.75) is 20.1 Å². The Bertz CT molecular complexity index is 770. The van der Waals surface area contributed by atoms with E-state index in [1.165, 1.54) is 0 Å². The molecule has 2 aromatic carbocycles. The maximum Gasteiger partial charge on any atom is 0.346 e. The van der Waals surface area contributed by atoms with Gasteiger partial charge in [0.25, 0.3) is 0 Å². The molecule has 1 unspecified atom stereocenters. The topological polar surface area (TPSA) is 77.0 Å². The van der Waals surface area contributed by atoms with Gasteiger partial charge in [0.1, 0.15) is 5.82 Å². The van der Waals surface area contributed by atoms with Crippen LogP contribution in [-0.2, 0) is 14.4 Å². The third kappa shape index (κ3) is 6.88. The second kappa shape index (κ2) is 10.1. The monoisotopic (exact) mass is 395 g/mol. The highest BCUT2D eigenvalue weighted by atomic mass is 19.1. The quantitative estimate of drug-likeness (QED) is 0.366. The molecule has 0 spiro atoms. The Kier molecular flexibility index (Phi) is 7.86. The van der Waals surface area contributed by atoms with Crippen molar-refractivity contribution >= 4 is 5.97 Å². The Morgan fingerprint density at radius 2 is 1.89 bits per heavy atom. The third-order valence-corrected chi connectivity index (χ3v) is 3.67. The van der Waals surface area contributed by atoms with Gasteiger partial charge < -0.3 is 14.6 Å². The van der Waals surface area contributed by atoms with E-state index in [2.05, 4.69) is 5.48 Å². The van der Waals surface area contributed by atoms with Crippen LogP contribution in [0.4, 0.5) is 8.78 Å². The number of carbonyl (C=O) groups is 1. The molecular weight excluding hydrogens is 372 g/mol. The number of halogens is 2. The molecule has 2 aromatic rings. The van der Waals surface area contributed by atoms with Crippen LogP contribution in [0.15, 0.2) is 48.5 Å². The molecule has 0 bridgehead atoms. The Morgan fingerprint density at radius 3 is 2.54 bits per heavy atom. The Hall–Kier alpha value is -2.55. The predicted molar refractivity (Wildman–Crippen MR) is 97.1 cm³/mol. The van der Waals surface area contributed by atoms with E-state index in [0.29, 0.717) is 11.6 Å². The molecule has 0 saturated carbocycles. The van der Waals surface area contributed by atoms with Gasteiger partial charge in [0.15, 0.2) is 18.2 Å². The average molecular weight is 395 g/mol. The first-order valence-corrected chi connectivity index (χ1v) is 8.61. The van der Waals surface area contributed by atoms with Crippen LogP contribution in [0.25, 0.3) is 0 Å². The van der Waals surface area contributed by atoms with Crippen molar-refractivity contribution in [3.63, 3.8) is 0 Å². The number of hydrogen-bond donors (Lipinski definition) is 2. The predicted octanol–water partition coefficient (Wildman–Crippen LogP) is 3.13. The van der Waals surface area contributed by atoms with Gasteiger partial charge >= 0.3 is 5.97 Å². The maximum atomic E-state index is 13.6. The lowest BCUT2D eigenvalue weighted by Gasteiger charge is -2.24. The van der Waals surface area contributed by atoms with Crippen LogP contribution >= 0.6 is 0 Å². The summed E-state index contributed by atoms with van der Waals surface area (Å²) in [6.45, 7) is 3.13. The van der Waals surface area contributed by atoms with Gasteiger partial charge in [0.2, 0.25) is 6.23 Å². The lowest BCUT2D eigenvalue weighted by Crippen LogP contribution is -2.33. The van der Waals surface area contributed by atoms with Gasteiger partial charge in [0.05, 0.1) is 13.2 Å². The number of aliphatic hydroxyl groups excluding tert-OH is 1. The number of hydroxylamine groups is 1. The molecule has 0 saturated heterocycles. The average Bonchev–Trinajstić information content (AvgIpc) is 2.67. The number of carbonyl (C=O) groups excluding carboxylic acids is 1. The summed E-state index contributed by atoms with van der Waals surface area (Å²) in [5.41, 5.74) is 2.77. The van der Waals surface area contributed by atoms with E-state index in [4.69, 9.17) is 14.3 Å². The molecule has 6 nitrogen and oxygen atoms in total. The highest BCUT2D eigenvalue weighted by molar-refractivity contribution is 5.71. The van der Waals surface area contributed by atoms with Crippen LogP contribution in [0.1, 0.15) is 25.6 Å². The normalized spacial score (nSPS) is 12.5. The molecule has 0 amide bonds. The molecule has 1 atom stereocenters. The van der Waals surface area contributed by atoms with Gasteiger partial charge in [-0.1, -0.05) is 44.2 Å². The summed E-state index contributed by atoms with van der Waals surface area (Å²) in [5, 5.41) is 9.28. The van der Waals surface area contributed by atoms with Gasteiger partial charge in [-0.05, 0) is 12.1 Å². The molecule has 0 radical (unpaired) electrons.